The Morgan fingerprint density at radius 2 is 1.60 bits per heavy atom. The minimum absolute atomic E-state index is 0.0952. The van der Waals surface area contributed by atoms with Gasteiger partial charge in [-0.15, -0.1) is 0 Å². The molecule has 0 saturated carbocycles. The highest BCUT2D eigenvalue weighted by Crippen LogP contribution is 2.56. The standard InChI is InChI=1S/C21H25N9O10P2S/c1-41(33)35-4-9-14(12(31)19(36-9)29-6-27-10-8(22)2-3-24-17(10)29)39-42(34,43)40-21-15(38-41)13(32)20(37-21)30-7-28-11-16(23)25-5-26-18(11)30/h2-3,5-7,9,12-15,19-21,31-32H,4H2,1H3,(H2,22,24)(H,34,43)(H2,23,25,26)/t9-,12?,13?,14+,15-,19-,20-,21-,41-,42?/m1/s1. The Kier molecular flexibility index (Phi) is 7.05. The first-order valence-electron chi connectivity index (χ1n) is 12.7. The summed E-state index contributed by atoms with van der Waals surface area (Å²) in [5.74, 6) is 0.0952. The molecule has 230 valence electrons. The summed E-state index contributed by atoms with van der Waals surface area (Å²) in [6.07, 6.45) is -5.62. The normalized spacial score (nSPS) is 38.6. The van der Waals surface area contributed by atoms with Crippen LogP contribution in [0.25, 0.3) is 22.3 Å². The van der Waals surface area contributed by atoms with E-state index in [1.807, 2.05) is 0 Å². The van der Waals surface area contributed by atoms with Gasteiger partial charge in [-0.2, -0.15) is 0 Å². The second kappa shape index (κ2) is 10.4. The Bertz CT molecular complexity index is 1810. The number of aliphatic hydroxyl groups excluding tert-OH is 2. The van der Waals surface area contributed by atoms with Crippen LogP contribution in [0.2, 0.25) is 0 Å². The van der Waals surface area contributed by atoms with Gasteiger partial charge in [-0.3, -0.25) is 27.3 Å². The number of hydrogen-bond donors (Lipinski definition) is 5. The third kappa shape index (κ3) is 5.02. The van der Waals surface area contributed by atoms with Gasteiger partial charge in [0.2, 0.25) is 0 Å². The maximum atomic E-state index is 13.5. The lowest BCUT2D eigenvalue weighted by Crippen LogP contribution is -2.36. The van der Waals surface area contributed by atoms with Crippen molar-refractivity contribution < 1.29 is 47.2 Å². The summed E-state index contributed by atoms with van der Waals surface area (Å²) in [6, 6.07) is 1.57. The first-order chi connectivity index (χ1) is 20.4. The third-order valence-corrected chi connectivity index (χ3v) is 9.93. The zero-order chi connectivity index (χ0) is 30.3. The number of ether oxygens (including phenoxy) is 2. The Balaban J connectivity index is 1.20. The molecule has 3 aliphatic rings. The molecule has 0 spiro atoms. The minimum Gasteiger partial charge on any atom is -0.397 e. The van der Waals surface area contributed by atoms with E-state index in [9.17, 15) is 19.7 Å². The second-order valence-electron chi connectivity index (χ2n) is 10.0. The Morgan fingerprint density at radius 1 is 0.930 bits per heavy atom. The molecule has 19 nitrogen and oxygen atoms in total. The van der Waals surface area contributed by atoms with Crippen molar-refractivity contribution in [2.24, 2.45) is 0 Å². The molecule has 0 amide bonds. The molecule has 3 aliphatic heterocycles. The second-order valence-corrected chi connectivity index (χ2v) is 14.8. The van der Waals surface area contributed by atoms with Crippen LogP contribution >= 0.6 is 14.3 Å². The molecular weight excluding hydrogens is 632 g/mol. The van der Waals surface area contributed by atoms with Crippen molar-refractivity contribution in [1.82, 2.24) is 34.1 Å². The van der Waals surface area contributed by atoms with Gasteiger partial charge in [0.25, 0.3) is 0 Å². The molecular formula is C21H25N9O10P2S. The average molecular weight is 657 g/mol. The number of aromatic nitrogens is 7. The number of nitrogens with two attached hydrogens (primary N) is 2. The molecule has 4 aromatic rings. The number of anilines is 2. The van der Waals surface area contributed by atoms with E-state index < -0.39 is 70.2 Å². The van der Waals surface area contributed by atoms with Crippen molar-refractivity contribution in [3.8, 4) is 0 Å². The van der Waals surface area contributed by atoms with Gasteiger partial charge in [0.15, 0.2) is 35.9 Å². The van der Waals surface area contributed by atoms with Crippen molar-refractivity contribution in [2.75, 3.05) is 24.7 Å². The van der Waals surface area contributed by atoms with Crippen LogP contribution in [0.1, 0.15) is 12.5 Å². The Morgan fingerprint density at radius 3 is 2.37 bits per heavy atom. The molecule has 7 heterocycles. The maximum Gasteiger partial charge on any atom is 0.328 e. The molecule has 3 fully saturated rings. The van der Waals surface area contributed by atoms with Crippen molar-refractivity contribution >= 4 is 60.0 Å². The highest BCUT2D eigenvalue weighted by molar-refractivity contribution is 8.07. The predicted molar refractivity (Wildman–Crippen MR) is 148 cm³/mol. The molecule has 43 heavy (non-hydrogen) atoms. The average Bonchev–Trinajstić information content (AvgIpc) is 3.70. The van der Waals surface area contributed by atoms with Gasteiger partial charge in [0.1, 0.15) is 47.9 Å². The molecule has 0 bridgehead atoms. The highest BCUT2D eigenvalue weighted by Gasteiger charge is 2.54. The molecule has 22 heteroatoms. The van der Waals surface area contributed by atoms with Crippen LogP contribution in [0.3, 0.4) is 0 Å². The van der Waals surface area contributed by atoms with Crippen LogP contribution < -0.4 is 11.5 Å². The van der Waals surface area contributed by atoms with Crippen LogP contribution in [-0.2, 0) is 43.9 Å². The summed E-state index contributed by atoms with van der Waals surface area (Å²) in [5.41, 5.74) is 13.4. The minimum atomic E-state index is -4.29. The number of pyridine rings is 1. The number of hydrogen-bond acceptors (Lipinski definition) is 17. The van der Waals surface area contributed by atoms with Gasteiger partial charge in [0.05, 0.1) is 24.9 Å². The van der Waals surface area contributed by atoms with Crippen LogP contribution in [-0.4, -0.2) is 99.2 Å². The van der Waals surface area contributed by atoms with Crippen molar-refractivity contribution in [3.63, 3.8) is 0 Å². The lowest BCUT2D eigenvalue weighted by atomic mass is 10.1. The largest absolute Gasteiger partial charge is 0.397 e. The van der Waals surface area contributed by atoms with Gasteiger partial charge in [-0.1, -0.05) is 0 Å². The van der Waals surface area contributed by atoms with E-state index in [2.05, 4.69) is 24.9 Å². The SMILES string of the molecule is C[P@@]1(=O)OC[C@H]2O[C@@H](n3cnc4c(N)ccnc43)C(O)[C@H]2OP(O)(=S)O[C@H]2O[C@@H](n3cnc4c(N)ncnc43)C(O)[C@H]2O1. The molecule has 7 N–H and O–H groups in total. The quantitative estimate of drug-likeness (QED) is 0.174. The zero-order valence-electron chi connectivity index (χ0n) is 22.0. The summed E-state index contributed by atoms with van der Waals surface area (Å²) in [6.45, 7) is -3.54. The smallest absolute Gasteiger partial charge is 0.328 e. The van der Waals surface area contributed by atoms with Crippen molar-refractivity contribution in [1.29, 1.82) is 0 Å². The van der Waals surface area contributed by atoms with E-state index in [1.165, 1.54) is 41.0 Å². The van der Waals surface area contributed by atoms with Gasteiger partial charge >= 0.3 is 14.3 Å². The summed E-state index contributed by atoms with van der Waals surface area (Å²) >= 11 is 5.28. The fraction of sp³-hybridized carbons (Fsp3) is 0.476. The first kappa shape index (κ1) is 29.0. The van der Waals surface area contributed by atoms with Gasteiger partial charge in [0, 0.05) is 12.9 Å². The monoisotopic (exact) mass is 657 g/mol. The van der Waals surface area contributed by atoms with E-state index in [1.54, 1.807) is 6.07 Å². The topological polar surface area (TPSA) is 259 Å². The fourth-order valence-corrected chi connectivity index (χ4v) is 7.97. The molecule has 0 radical (unpaired) electrons. The molecule has 10 atom stereocenters. The van der Waals surface area contributed by atoms with Crippen LogP contribution in [0.4, 0.5) is 11.5 Å². The van der Waals surface area contributed by atoms with Crippen LogP contribution in [0, 0.1) is 0 Å². The molecule has 7 rings (SSSR count). The predicted octanol–water partition coefficient (Wildman–Crippen LogP) is -0.233. The van der Waals surface area contributed by atoms with E-state index in [4.69, 9.17) is 50.8 Å². The summed E-state index contributed by atoms with van der Waals surface area (Å²) in [5, 5.41) is 22.5. The van der Waals surface area contributed by atoms with Crippen molar-refractivity contribution in [2.45, 2.75) is 49.3 Å². The van der Waals surface area contributed by atoms with E-state index in [0.29, 0.717) is 16.9 Å². The summed E-state index contributed by atoms with van der Waals surface area (Å²) < 4.78 is 50.9. The molecule has 4 aromatic heterocycles. The Hall–Kier alpha value is -2.71. The number of aliphatic hydroxyl groups is 2. The van der Waals surface area contributed by atoms with Crippen LogP contribution in [0.15, 0.2) is 31.2 Å². The maximum absolute atomic E-state index is 13.5. The Labute approximate surface area is 246 Å². The first-order valence-corrected chi connectivity index (χ1v) is 17.3. The third-order valence-electron chi connectivity index (χ3n) is 7.19. The number of imidazole rings is 2. The van der Waals surface area contributed by atoms with Gasteiger partial charge in [-0.05, 0) is 17.9 Å². The zero-order valence-corrected chi connectivity index (χ0v) is 24.6. The number of rotatable bonds is 2. The van der Waals surface area contributed by atoms with E-state index in [0.717, 1.165) is 0 Å². The van der Waals surface area contributed by atoms with Crippen molar-refractivity contribution in [3.05, 3.63) is 31.2 Å². The fourth-order valence-electron chi connectivity index (χ4n) is 5.23. The highest BCUT2D eigenvalue weighted by atomic mass is 32.5. The summed E-state index contributed by atoms with van der Waals surface area (Å²) in [7, 11) is -3.99. The molecule has 3 saturated heterocycles. The van der Waals surface area contributed by atoms with Crippen LogP contribution in [0.5, 0.6) is 0 Å². The summed E-state index contributed by atoms with van der Waals surface area (Å²) in [4.78, 5) is 31.8. The van der Waals surface area contributed by atoms with Gasteiger partial charge in [-0.25, -0.2) is 24.9 Å². The van der Waals surface area contributed by atoms with Gasteiger partial charge < -0.3 is 40.6 Å². The van der Waals surface area contributed by atoms with E-state index >= 15 is 0 Å². The lowest BCUT2D eigenvalue weighted by Gasteiger charge is -2.27. The number of nitrogens with zero attached hydrogens (tertiary/aromatic N) is 7. The lowest BCUT2D eigenvalue weighted by molar-refractivity contribution is -0.130. The molecule has 0 aliphatic carbocycles. The molecule has 0 aromatic carbocycles. The number of nitrogen functional groups attached to an aromatic ring is 2. The van der Waals surface area contributed by atoms with E-state index in [-0.39, 0.29) is 17.0 Å². The molecule has 3 unspecified atom stereocenters. The number of fused-ring (bicyclic) bond motifs is 4.